The van der Waals surface area contributed by atoms with E-state index in [1.54, 1.807) is 17.0 Å². The van der Waals surface area contributed by atoms with Crippen molar-refractivity contribution in [3.63, 3.8) is 0 Å². The van der Waals surface area contributed by atoms with Crippen molar-refractivity contribution < 1.29 is 18.7 Å². The van der Waals surface area contributed by atoms with Crippen molar-refractivity contribution in [1.29, 1.82) is 5.26 Å². The maximum atomic E-state index is 13.6. The summed E-state index contributed by atoms with van der Waals surface area (Å²) in [6.45, 7) is 6.39. The normalized spacial score (nSPS) is 17.0. The summed E-state index contributed by atoms with van der Waals surface area (Å²) in [7, 11) is 0. The summed E-state index contributed by atoms with van der Waals surface area (Å²) >= 11 is 0. The molecule has 0 radical (unpaired) electrons. The number of benzene rings is 1. The molecule has 1 amide bonds. The van der Waals surface area contributed by atoms with Crippen LogP contribution in [-0.2, 0) is 4.74 Å². The van der Waals surface area contributed by atoms with E-state index in [2.05, 4.69) is 6.07 Å². The fourth-order valence-corrected chi connectivity index (χ4v) is 2.51. The minimum absolute atomic E-state index is 0.104. The first kappa shape index (κ1) is 18.1. The van der Waals surface area contributed by atoms with Gasteiger partial charge in [-0.05, 0) is 45.7 Å². The van der Waals surface area contributed by atoms with Gasteiger partial charge in [-0.2, -0.15) is 5.26 Å². The van der Waals surface area contributed by atoms with Gasteiger partial charge in [-0.3, -0.25) is 0 Å². The highest BCUT2D eigenvalue weighted by Crippen LogP contribution is 2.32. The molecule has 5 nitrogen and oxygen atoms in total. The molecule has 0 atom stereocenters. The Morgan fingerprint density at radius 2 is 1.96 bits per heavy atom. The lowest BCUT2D eigenvalue weighted by molar-refractivity contribution is 0.0108. The van der Waals surface area contributed by atoms with Gasteiger partial charge in [0.2, 0.25) is 0 Å². The summed E-state index contributed by atoms with van der Waals surface area (Å²) in [6, 6.07) is 8.41. The van der Waals surface area contributed by atoms with Crippen LogP contribution >= 0.6 is 0 Å². The molecule has 2 rings (SSSR count). The van der Waals surface area contributed by atoms with Crippen molar-refractivity contribution in [2.45, 2.75) is 39.2 Å². The van der Waals surface area contributed by atoms with E-state index >= 15 is 0 Å². The summed E-state index contributed by atoms with van der Waals surface area (Å²) in [5.41, 5.74) is -1.27. The van der Waals surface area contributed by atoms with Crippen LogP contribution in [-0.4, -0.2) is 36.3 Å². The molecule has 1 saturated heterocycles. The molecule has 130 valence electrons. The second-order valence-electron chi connectivity index (χ2n) is 7.08. The van der Waals surface area contributed by atoms with Gasteiger partial charge in [-0.15, -0.1) is 0 Å². The quantitative estimate of drug-likeness (QED) is 0.844. The molecule has 0 saturated carbocycles. The number of carbonyl (C=O) groups excluding carboxylic acids is 1. The van der Waals surface area contributed by atoms with Gasteiger partial charge >= 0.3 is 6.09 Å². The molecule has 1 aliphatic heterocycles. The minimum Gasteiger partial charge on any atom is -0.489 e. The Hall–Kier alpha value is -2.29. The summed E-state index contributed by atoms with van der Waals surface area (Å²) in [5.74, 6) is -0.307. The zero-order chi connectivity index (χ0) is 17.8. The van der Waals surface area contributed by atoms with Crippen LogP contribution in [0.1, 0.15) is 33.6 Å². The Kier molecular flexibility index (Phi) is 5.33. The average Bonchev–Trinajstić information content (AvgIpc) is 2.53. The van der Waals surface area contributed by atoms with E-state index in [0.717, 1.165) is 0 Å². The number of nitriles is 1. The molecule has 1 aromatic rings. The van der Waals surface area contributed by atoms with Gasteiger partial charge in [0.05, 0.1) is 11.5 Å². The third-order valence-corrected chi connectivity index (χ3v) is 3.95. The largest absolute Gasteiger partial charge is 0.489 e. The number of hydrogen-bond acceptors (Lipinski definition) is 4. The van der Waals surface area contributed by atoms with Crippen LogP contribution in [0.25, 0.3) is 0 Å². The van der Waals surface area contributed by atoms with Crippen molar-refractivity contribution in [3.05, 3.63) is 30.1 Å². The standard InChI is InChI=1S/C18H23FN2O3/c1-17(2,3)24-16(22)21-10-8-18(12-20,9-11-21)13-23-15-7-5-4-6-14(15)19/h4-7H,8-11,13H2,1-3H3. The number of halogens is 1. The van der Waals surface area contributed by atoms with E-state index in [1.807, 2.05) is 20.8 Å². The Labute approximate surface area is 142 Å². The monoisotopic (exact) mass is 334 g/mol. The molecule has 1 heterocycles. The molecule has 0 aromatic heterocycles. The van der Waals surface area contributed by atoms with Gasteiger partial charge in [-0.25, -0.2) is 9.18 Å². The van der Waals surface area contributed by atoms with Crippen molar-refractivity contribution >= 4 is 6.09 Å². The van der Waals surface area contributed by atoms with Crippen molar-refractivity contribution in [1.82, 2.24) is 4.90 Å². The molecule has 1 fully saturated rings. The fraction of sp³-hybridized carbons (Fsp3) is 0.556. The SMILES string of the molecule is CC(C)(C)OC(=O)N1CCC(C#N)(COc2ccccc2F)CC1. The van der Waals surface area contributed by atoms with Gasteiger partial charge in [0.15, 0.2) is 11.6 Å². The van der Waals surface area contributed by atoms with E-state index in [-0.39, 0.29) is 18.4 Å². The summed E-state index contributed by atoms with van der Waals surface area (Å²) in [5, 5.41) is 9.54. The van der Waals surface area contributed by atoms with Crippen molar-refractivity contribution in [3.8, 4) is 11.8 Å². The Morgan fingerprint density at radius 3 is 2.50 bits per heavy atom. The third kappa shape index (κ3) is 4.60. The number of ether oxygens (including phenoxy) is 2. The van der Waals surface area contributed by atoms with E-state index in [9.17, 15) is 14.4 Å². The van der Waals surface area contributed by atoms with E-state index in [0.29, 0.717) is 25.9 Å². The highest BCUT2D eigenvalue weighted by atomic mass is 19.1. The average molecular weight is 334 g/mol. The zero-order valence-electron chi connectivity index (χ0n) is 14.3. The first-order valence-electron chi connectivity index (χ1n) is 8.01. The third-order valence-electron chi connectivity index (χ3n) is 3.95. The molecule has 0 aliphatic carbocycles. The fourth-order valence-electron chi connectivity index (χ4n) is 2.51. The van der Waals surface area contributed by atoms with Crippen LogP contribution in [0, 0.1) is 22.6 Å². The molecule has 0 spiro atoms. The van der Waals surface area contributed by atoms with Crippen LogP contribution in [0.3, 0.4) is 0 Å². The van der Waals surface area contributed by atoms with Gasteiger partial charge in [0.1, 0.15) is 12.2 Å². The number of likely N-dealkylation sites (tertiary alicyclic amines) is 1. The Bertz CT molecular complexity index is 626. The molecule has 6 heteroatoms. The lowest BCUT2D eigenvalue weighted by atomic mass is 9.80. The maximum absolute atomic E-state index is 13.6. The molecule has 0 N–H and O–H groups in total. The summed E-state index contributed by atoms with van der Waals surface area (Å²) < 4.78 is 24.5. The lowest BCUT2D eigenvalue weighted by Crippen LogP contribution is -2.46. The number of para-hydroxylation sites is 1. The number of rotatable bonds is 3. The van der Waals surface area contributed by atoms with E-state index in [1.165, 1.54) is 12.1 Å². The first-order chi connectivity index (χ1) is 11.2. The van der Waals surface area contributed by atoms with Gasteiger partial charge in [0.25, 0.3) is 0 Å². The highest BCUT2D eigenvalue weighted by molar-refractivity contribution is 5.68. The molecular weight excluding hydrogens is 311 g/mol. The summed E-state index contributed by atoms with van der Waals surface area (Å²) in [4.78, 5) is 13.7. The zero-order valence-corrected chi connectivity index (χ0v) is 14.3. The van der Waals surface area contributed by atoms with Gasteiger partial charge < -0.3 is 14.4 Å². The number of amides is 1. The number of piperidine rings is 1. The minimum atomic E-state index is -0.721. The molecule has 0 bridgehead atoms. The molecule has 0 unspecified atom stereocenters. The van der Waals surface area contributed by atoms with Crippen LogP contribution < -0.4 is 4.74 Å². The van der Waals surface area contributed by atoms with E-state index < -0.39 is 16.8 Å². The smallest absolute Gasteiger partial charge is 0.410 e. The van der Waals surface area contributed by atoms with Crippen LogP contribution in [0.4, 0.5) is 9.18 Å². The predicted octanol–water partition coefficient (Wildman–Crippen LogP) is 3.75. The number of carbonyl (C=O) groups is 1. The Balaban J connectivity index is 1.93. The van der Waals surface area contributed by atoms with Gasteiger partial charge in [0, 0.05) is 13.1 Å². The number of nitrogens with zero attached hydrogens (tertiary/aromatic N) is 2. The van der Waals surface area contributed by atoms with E-state index in [4.69, 9.17) is 9.47 Å². The second-order valence-corrected chi connectivity index (χ2v) is 7.08. The van der Waals surface area contributed by atoms with Crippen molar-refractivity contribution in [2.24, 2.45) is 5.41 Å². The van der Waals surface area contributed by atoms with Crippen LogP contribution in [0.2, 0.25) is 0 Å². The van der Waals surface area contributed by atoms with Crippen LogP contribution in [0.5, 0.6) is 5.75 Å². The van der Waals surface area contributed by atoms with Gasteiger partial charge in [-0.1, -0.05) is 12.1 Å². The molecule has 24 heavy (non-hydrogen) atoms. The maximum Gasteiger partial charge on any atom is 0.410 e. The van der Waals surface area contributed by atoms with Crippen LogP contribution in [0.15, 0.2) is 24.3 Å². The predicted molar refractivity (Wildman–Crippen MR) is 87.0 cm³/mol. The topological polar surface area (TPSA) is 62.6 Å². The second kappa shape index (κ2) is 7.08. The lowest BCUT2D eigenvalue weighted by Gasteiger charge is -2.37. The number of hydrogen-bond donors (Lipinski definition) is 0. The van der Waals surface area contributed by atoms with Crippen molar-refractivity contribution in [2.75, 3.05) is 19.7 Å². The summed E-state index contributed by atoms with van der Waals surface area (Å²) in [6.07, 6.45) is 0.568. The molecular formula is C18H23FN2O3. The first-order valence-corrected chi connectivity index (χ1v) is 8.01. The Morgan fingerprint density at radius 1 is 1.33 bits per heavy atom. The molecule has 1 aliphatic rings. The highest BCUT2D eigenvalue weighted by Gasteiger charge is 2.38. The molecule has 1 aromatic carbocycles.